The summed E-state index contributed by atoms with van der Waals surface area (Å²) in [4.78, 5) is 68.0. The molecule has 5 N–H and O–H groups in total. The molecule has 0 aliphatic heterocycles. The SMILES string of the molecule is CC(C)NCC1=CC=C(c2ccc(O)c3c2C[C@H]2C[C@H]4[C@H](N(C)C)C(=O)C(C(N)=O)C(=O)[C@@]4(O)C(=O)C2C3=O)C1. The molecule has 40 heavy (non-hydrogen) atoms. The number of fused-ring (bicyclic) bond motifs is 3. The molecule has 6 atom stereocenters. The number of ketones is 4. The molecule has 2 saturated carbocycles. The van der Waals surface area contributed by atoms with E-state index in [4.69, 9.17) is 5.73 Å². The Balaban J connectivity index is 1.54. The lowest BCUT2D eigenvalue weighted by molar-refractivity contribution is -0.181. The first kappa shape index (κ1) is 28.1. The van der Waals surface area contributed by atoms with Crippen LogP contribution in [0, 0.1) is 23.7 Å². The smallest absolute Gasteiger partial charge is 0.235 e. The lowest BCUT2D eigenvalue weighted by Crippen LogP contribution is -2.74. The number of phenolic OH excluding ortho intramolecular Hbond substituents is 1. The van der Waals surface area contributed by atoms with Crippen LogP contribution in [0.3, 0.4) is 0 Å². The van der Waals surface area contributed by atoms with E-state index in [-0.39, 0.29) is 24.2 Å². The van der Waals surface area contributed by atoms with E-state index in [0.29, 0.717) is 18.0 Å². The van der Waals surface area contributed by atoms with E-state index in [2.05, 4.69) is 19.2 Å². The predicted molar refractivity (Wildman–Crippen MR) is 145 cm³/mol. The number of hydrogen-bond acceptors (Lipinski definition) is 9. The second kappa shape index (κ2) is 9.87. The number of phenols is 1. The summed E-state index contributed by atoms with van der Waals surface area (Å²) in [6, 6.07) is 2.40. The molecule has 0 radical (unpaired) electrons. The molecule has 0 heterocycles. The Bertz CT molecular complexity index is 1410. The Morgan fingerprint density at radius 2 is 1.85 bits per heavy atom. The number of carbonyl (C=O) groups is 5. The standard InChI is InChI=1S/C30H35N3O7/c1-13(2)32-12-14-5-6-15(9-14)17-7-8-20(34)22-18(17)10-16-11-19-24(33(3)4)26(36)23(29(31)39)28(38)30(19,40)27(37)21(16)25(22)35/h5-8,13,16,19,21,23-24,32,34,40H,9-12H2,1-4H3,(H2,31,39)/t16-,19-,21?,23?,24-,30-/m0/s1. The van der Waals surface area contributed by atoms with Gasteiger partial charge in [-0.1, -0.05) is 37.6 Å². The number of carbonyl (C=O) groups excluding carboxylic acids is 5. The minimum absolute atomic E-state index is 0.0127. The van der Waals surface area contributed by atoms with Crippen molar-refractivity contribution in [3.63, 3.8) is 0 Å². The van der Waals surface area contributed by atoms with Gasteiger partial charge in [0.2, 0.25) is 5.91 Å². The number of primary amides is 1. The van der Waals surface area contributed by atoms with Crippen LogP contribution in [0.1, 0.15) is 48.2 Å². The summed E-state index contributed by atoms with van der Waals surface area (Å²) in [5.41, 5.74) is 6.24. The van der Waals surface area contributed by atoms with E-state index in [1.807, 2.05) is 12.2 Å². The van der Waals surface area contributed by atoms with Crippen molar-refractivity contribution in [2.45, 2.75) is 50.8 Å². The second-order valence-electron chi connectivity index (χ2n) is 12.0. The highest BCUT2D eigenvalue weighted by Gasteiger charge is 2.69. The van der Waals surface area contributed by atoms with Gasteiger partial charge in [0.25, 0.3) is 0 Å². The topological polar surface area (TPSA) is 167 Å². The molecule has 212 valence electrons. The van der Waals surface area contributed by atoms with Gasteiger partial charge in [0, 0.05) is 18.5 Å². The zero-order chi connectivity index (χ0) is 29.3. The fourth-order valence-electron chi connectivity index (χ4n) is 7.13. The van der Waals surface area contributed by atoms with Crippen LogP contribution in [0.4, 0.5) is 0 Å². The first-order valence-corrected chi connectivity index (χ1v) is 13.6. The molecule has 1 aromatic rings. The summed E-state index contributed by atoms with van der Waals surface area (Å²) in [6.07, 6.45) is 4.97. The summed E-state index contributed by atoms with van der Waals surface area (Å²) >= 11 is 0. The largest absolute Gasteiger partial charge is 0.507 e. The van der Waals surface area contributed by atoms with E-state index < -0.39 is 64.4 Å². The predicted octanol–water partition coefficient (Wildman–Crippen LogP) is 0.579. The molecule has 0 spiro atoms. The van der Waals surface area contributed by atoms with Gasteiger partial charge in [0.05, 0.1) is 17.5 Å². The van der Waals surface area contributed by atoms with Crippen molar-refractivity contribution in [2.75, 3.05) is 20.6 Å². The van der Waals surface area contributed by atoms with Crippen molar-refractivity contribution in [2.24, 2.45) is 29.4 Å². The van der Waals surface area contributed by atoms with Crippen LogP contribution < -0.4 is 11.1 Å². The van der Waals surface area contributed by atoms with Gasteiger partial charge < -0.3 is 21.3 Å². The van der Waals surface area contributed by atoms with Crippen molar-refractivity contribution in [1.29, 1.82) is 0 Å². The molecule has 2 unspecified atom stereocenters. The van der Waals surface area contributed by atoms with Gasteiger partial charge in [-0.2, -0.15) is 0 Å². The maximum atomic E-state index is 13.9. The van der Waals surface area contributed by atoms with Crippen LogP contribution in [0.15, 0.2) is 29.9 Å². The normalized spacial score (nSPS) is 31.6. The minimum Gasteiger partial charge on any atom is -0.507 e. The van der Waals surface area contributed by atoms with Crippen LogP contribution in [-0.4, -0.2) is 82.5 Å². The molecule has 0 aromatic heterocycles. The third-order valence-corrected chi connectivity index (χ3v) is 8.97. The molecular weight excluding hydrogens is 514 g/mol. The first-order valence-electron chi connectivity index (χ1n) is 13.6. The third-order valence-electron chi connectivity index (χ3n) is 8.97. The van der Waals surface area contributed by atoms with Crippen LogP contribution in [0.2, 0.25) is 0 Å². The molecule has 4 aliphatic rings. The molecule has 10 heteroatoms. The zero-order valence-corrected chi connectivity index (χ0v) is 23.1. The average molecular weight is 550 g/mol. The van der Waals surface area contributed by atoms with E-state index in [1.165, 1.54) is 16.5 Å². The van der Waals surface area contributed by atoms with E-state index in [0.717, 1.165) is 17.7 Å². The fraction of sp³-hybridized carbons (Fsp3) is 0.500. The summed E-state index contributed by atoms with van der Waals surface area (Å²) in [7, 11) is 3.13. The number of nitrogens with zero attached hydrogens (tertiary/aromatic N) is 1. The summed E-state index contributed by atoms with van der Waals surface area (Å²) in [5, 5.41) is 25.8. The van der Waals surface area contributed by atoms with Crippen molar-refractivity contribution in [1.82, 2.24) is 10.2 Å². The van der Waals surface area contributed by atoms with Gasteiger partial charge in [-0.15, -0.1) is 0 Å². The van der Waals surface area contributed by atoms with E-state index in [9.17, 15) is 34.2 Å². The lowest BCUT2D eigenvalue weighted by Gasteiger charge is -2.52. The Morgan fingerprint density at radius 1 is 1.15 bits per heavy atom. The fourth-order valence-corrected chi connectivity index (χ4v) is 7.13. The number of nitrogens with two attached hydrogens (primary N) is 1. The Kier molecular flexibility index (Phi) is 6.92. The van der Waals surface area contributed by atoms with Crippen LogP contribution in [0.25, 0.3) is 5.57 Å². The van der Waals surface area contributed by atoms with Crippen molar-refractivity contribution >= 4 is 34.6 Å². The van der Waals surface area contributed by atoms with Crippen LogP contribution in [-0.2, 0) is 25.6 Å². The van der Waals surface area contributed by atoms with E-state index >= 15 is 0 Å². The molecule has 2 fully saturated rings. The average Bonchev–Trinajstić information content (AvgIpc) is 3.33. The van der Waals surface area contributed by atoms with Crippen molar-refractivity contribution in [3.05, 3.63) is 46.5 Å². The highest BCUT2D eigenvalue weighted by Crippen LogP contribution is 2.51. The number of rotatable bonds is 6. The Morgan fingerprint density at radius 3 is 2.48 bits per heavy atom. The zero-order valence-electron chi connectivity index (χ0n) is 23.1. The van der Waals surface area contributed by atoms with E-state index in [1.54, 1.807) is 20.2 Å². The van der Waals surface area contributed by atoms with Gasteiger partial charge >= 0.3 is 0 Å². The Labute approximate surface area is 232 Å². The van der Waals surface area contributed by atoms with Crippen LogP contribution >= 0.6 is 0 Å². The number of allylic oxidation sites excluding steroid dienone is 3. The number of likely N-dealkylation sites (N-methyl/N-ethyl adjacent to an activating group) is 1. The maximum Gasteiger partial charge on any atom is 0.235 e. The molecule has 0 saturated heterocycles. The highest BCUT2D eigenvalue weighted by molar-refractivity contribution is 6.32. The molecule has 4 aliphatic carbocycles. The number of nitrogens with one attached hydrogen (secondary N) is 1. The highest BCUT2D eigenvalue weighted by atomic mass is 16.3. The molecule has 10 nitrogen and oxygen atoms in total. The van der Waals surface area contributed by atoms with Crippen molar-refractivity contribution in [3.8, 4) is 5.75 Å². The number of benzene rings is 1. The number of aromatic hydroxyl groups is 1. The number of amides is 1. The van der Waals surface area contributed by atoms with Gasteiger partial charge in [-0.25, -0.2) is 0 Å². The Hall–Kier alpha value is -3.47. The summed E-state index contributed by atoms with van der Waals surface area (Å²) < 4.78 is 0. The number of hydrogen-bond donors (Lipinski definition) is 4. The van der Waals surface area contributed by atoms with Gasteiger partial charge in [-0.3, -0.25) is 28.9 Å². The summed E-state index contributed by atoms with van der Waals surface area (Å²) in [5.74, 6) is -10.4. The van der Waals surface area contributed by atoms with Crippen molar-refractivity contribution < 1.29 is 34.2 Å². The van der Waals surface area contributed by atoms with Crippen LogP contribution in [0.5, 0.6) is 5.75 Å². The number of aliphatic hydroxyl groups is 1. The molecule has 0 bridgehead atoms. The maximum absolute atomic E-state index is 13.9. The lowest BCUT2D eigenvalue weighted by atomic mass is 9.52. The third kappa shape index (κ3) is 4.08. The minimum atomic E-state index is -2.72. The van der Waals surface area contributed by atoms with Gasteiger partial charge in [0.1, 0.15) is 5.75 Å². The van der Waals surface area contributed by atoms with Gasteiger partial charge in [0.15, 0.2) is 34.7 Å². The molecule has 5 rings (SSSR count). The second-order valence-corrected chi connectivity index (χ2v) is 12.0. The number of Topliss-reactive ketones (excluding diaryl/α,β-unsaturated/α-hetero) is 4. The molecular formula is C30H35N3O7. The quantitative estimate of drug-likeness (QED) is 0.371. The first-order chi connectivity index (χ1) is 18.8. The summed E-state index contributed by atoms with van der Waals surface area (Å²) in [6.45, 7) is 4.85. The molecule has 1 aromatic carbocycles. The van der Waals surface area contributed by atoms with Gasteiger partial charge in [-0.05, 0) is 62.0 Å². The monoisotopic (exact) mass is 549 g/mol. The molecule has 1 amide bonds.